The molecule has 1 aliphatic heterocycles. The molecule has 0 unspecified atom stereocenters. The van der Waals surface area contributed by atoms with Crippen LogP contribution in [0.5, 0.6) is 0 Å². The van der Waals surface area contributed by atoms with Crippen molar-refractivity contribution in [1.82, 2.24) is 5.32 Å². The summed E-state index contributed by atoms with van der Waals surface area (Å²) in [5.74, 6) is 0.222. The average Bonchev–Trinajstić information content (AvgIpc) is 2.71. The SMILES string of the molecule is O=C(Nc1ccc2c(c1F)CCNC2)C1CCC(c2ccccc2)CC1. The van der Waals surface area contributed by atoms with Crippen LogP contribution in [0.2, 0.25) is 0 Å². The Kier molecular flexibility index (Phi) is 5.02. The highest BCUT2D eigenvalue weighted by molar-refractivity contribution is 5.92. The number of nitrogens with one attached hydrogen (secondary N) is 2. The zero-order chi connectivity index (χ0) is 17.9. The molecule has 0 aromatic heterocycles. The third-order valence-corrected chi connectivity index (χ3v) is 5.83. The summed E-state index contributed by atoms with van der Waals surface area (Å²) in [5.41, 5.74) is 3.44. The number of anilines is 1. The summed E-state index contributed by atoms with van der Waals surface area (Å²) < 4.78 is 14.7. The molecule has 1 aliphatic carbocycles. The van der Waals surface area contributed by atoms with Crippen LogP contribution in [0.1, 0.15) is 48.3 Å². The average molecular weight is 352 g/mol. The molecule has 2 aromatic carbocycles. The minimum atomic E-state index is -0.254. The van der Waals surface area contributed by atoms with Gasteiger partial charge in [-0.3, -0.25) is 4.79 Å². The highest BCUT2D eigenvalue weighted by atomic mass is 19.1. The van der Waals surface area contributed by atoms with Crippen molar-refractivity contribution in [3.63, 3.8) is 0 Å². The number of benzene rings is 2. The Labute approximate surface area is 154 Å². The number of amides is 1. The Morgan fingerprint density at radius 3 is 2.58 bits per heavy atom. The van der Waals surface area contributed by atoms with Crippen molar-refractivity contribution < 1.29 is 9.18 Å². The molecule has 2 aromatic rings. The number of fused-ring (bicyclic) bond motifs is 1. The molecule has 1 saturated carbocycles. The fourth-order valence-corrected chi connectivity index (χ4v) is 4.28. The molecule has 136 valence electrons. The van der Waals surface area contributed by atoms with Gasteiger partial charge in [0.2, 0.25) is 5.91 Å². The van der Waals surface area contributed by atoms with Crippen molar-refractivity contribution in [3.8, 4) is 0 Å². The summed E-state index contributed by atoms with van der Waals surface area (Å²) in [6.07, 6.45) is 4.43. The van der Waals surface area contributed by atoms with Crippen LogP contribution >= 0.6 is 0 Å². The molecule has 1 heterocycles. The van der Waals surface area contributed by atoms with Gasteiger partial charge in [-0.25, -0.2) is 4.39 Å². The second-order valence-corrected chi connectivity index (χ2v) is 7.44. The molecule has 2 N–H and O–H groups in total. The van der Waals surface area contributed by atoms with Crippen molar-refractivity contribution in [3.05, 3.63) is 65.0 Å². The van der Waals surface area contributed by atoms with Crippen LogP contribution in [0, 0.1) is 11.7 Å². The minimum absolute atomic E-state index is 0.0212. The second-order valence-electron chi connectivity index (χ2n) is 7.44. The fourth-order valence-electron chi connectivity index (χ4n) is 4.28. The van der Waals surface area contributed by atoms with E-state index in [4.69, 9.17) is 0 Å². The quantitative estimate of drug-likeness (QED) is 0.860. The van der Waals surface area contributed by atoms with Gasteiger partial charge in [0.1, 0.15) is 5.82 Å². The molecule has 26 heavy (non-hydrogen) atoms. The molecular weight excluding hydrogens is 327 g/mol. The van der Waals surface area contributed by atoms with Gasteiger partial charge in [0.15, 0.2) is 0 Å². The first kappa shape index (κ1) is 17.2. The van der Waals surface area contributed by atoms with Gasteiger partial charge in [0, 0.05) is 12.5 Å². The number of rotatable bonds is 3. The Morgan fingerprint density at radius 2 is 1.81 bits per heavy atom. The lowest BCUT2D eigenvalue weighted by Gasteiger charge is -2.28. The second kappa shape index (κ2) is 7.58. The van der Waals surface area contributed by atoms with Crippen molar-refractivity contribution >= 4 is 11.6 Å². The van der Waals surface area contributed by atoms with Gasteiger partial charge in [-0.05, 0) is 67.3 Å². The zero-order valence-electron chi connectivity index (χ0n) is 14.9. The van der Waals surface area contributed by atoms with Crippen LogP contribution in [0.15, 0.2) is 42.5 Å². The van der Waals surface area contributed by atoms with E-state index in [-0.39, 0.29) is 17.6 Å². The van der Waals surface area contributed by atoms with Crippen molar-refractivity contribution in [2.45, 2.75) is 44.6 Å². The lowest BCUT2D eigenvalue weighted by molar-refractivity contribution is -0.120. The molecule has 0 atom stereocenters. The van der Waals surface area contributed by atoms with E-state index in [2.05, 4.69) is 34.9 Å². The van der Waals surface area contributed by atoms with Gasteiger partial charge in [-0.1, -0.05) is 36.4 Å². The number of hydrogen-bond acceptors (Lipinski definition) is 2. The Bertz CT molecular complexity index is 782. The van der Waals surface area contributed by atoms with Gasteiger partial charge in [-0.2, -0.15) is 0 Å². The topological polar surface area (TPSA) is 41.1 Å². The van der Waals surface area contributed by atoms with E-state index in [1.54, 1.807) is 6.07 Å². The Balaban J connectivity index is 1.39. The van der Waals surface area contributed by atoms with Crippen LogP contribution in [-0.4, -0.2) is 12.5 Å². The summed E-state index contributed by atoms with van der Waals surface area (Å²) in [6, 6.07) is 14.1. The third kappa shape index (κ3) is 3.51. The van der Waals surface area contributed by atoms with E-state index in [9.17, 15) is 9.18 Å². The maximum absolute atomic E-state index is 14.7. The molecule has 0 spiro atoms. The Hall–Kier alpha value is -2.20. The predicted octanol–water partition coefficient (Wildman–Crippen LogP) is 4.38. The molecular formula is C22H25FN2O. The third-order valence-electron chi connectivity index (χ3n) is 5.83. The normalized spacial score (nSPS) is 22.5. The van der Waals surface area contributed by atoms with Gasteiger partial charge >= 0.3 is 0 Å². The first-order chi connectivity index (χ1) is 12.7. The van der Waals surface area contributed by atoms with Gasteiger partial charge in [-0.15, -0.1) is 0 Å². The Morgan fingerprint density at radius 1 is 1.04 bits per heavy atom. The molecule has 0 radical (unpaired) electrons. The highest BCUT2D eigenvalue weighted by Gasteiger charge is 2.28. The molecule has 0 saturated heterocycles. The maximum atomic E-state index is 14.7. The summed E-state index contributed by atoms with van der Waals surface area (Å²) in [7, 11) is 0. The van der Waals surface area contributed by atoms with E-state index in [0.717, 1.165) is 43.4 Å². The van der Waals surface area contributed by atoms with E-state index in [0.29, 0.717) is 24.6 Å². The van der Waals surface area contributed by atoms with Crippen LogP contribution in [0.25, 0.3) is 0 Å². The van der Waals surface area contributed by atoms with Gasteiger partial charge < -0.3 is 10.6 Å². The van der Waals surface area contributed by atoms with Crippen molar-refractivity contribution in [2.75, 3.05) is 11.9 Å². The van der Waals surface area contributed by atoms with Crippen LogP contribution < -0.4 is 10.6 Å². The first-order valence-electron chi connectivity index (χ1n) is 9.59. The lowest BCUT2D eigenvalue weighted by atomic mass is 9.78. The number of hydrogen-bond donors (Lipinski definition) is 2. The van der Waals surface area contributed by atoms with Crippen LogP contribution in [0.4, 0.5) is 10.1 Å². The monoisotopic (exact) mass is 352 g/mol. The molecule has 1 amide bonds. The maximum Gasteiger partial charge on any atom is 0.227 e. The summed E-state index contributed by atoms with van der Waals surface area (Å²) in [5, 5.41) is 6.09. The van der Waals surface area contributed by atoms with Crippen LogP contribution in [-0.2, 0) is 17.8 Å². The minimum Gasteiger partial charge on any atom is -0.323 e. The summed E-state index contributed by atoms with van der Waals surface area (Å²) in [4.78, 5) is 12.6. The summed E-state index contributed by atoms with van der Waals surface area (Å²) >= 11 is 0. The molecule has 3 nitrogen and oxygen atoms in total. The zero-order valence-corrected chi connectivity index (χ0v) is 14.9. The smallest absolute Gasteiger partial charge is 0.227 e. The molecule has 0 bridgehead atoms. The van der Waals surface area contributed by atoms with E-state index in [1.165, 1.54) is 5.56 Å². The number of carbonyl (C=O) groups is 1. The van der Waals surface area contributed by atoms with Crippen LogP contribution in [0.3, 0.4) is 0 Å². The molecule has 1 fully saturated rings. The predicted molar refractivity (Wildman–Crippen MR) is 102 cm³/mol. The largest absolute Gasteiger partial charge is 0.323 e. The molecule has 4 heteroatoms. The van der Waals surface area contributed by atoms with E-state index in [1.807, 2.05) is 12.1 Å². The van der Waals surface area contributed by atoms with E-state index >= 15 is 0 Å². The standard InChI is InChI=1S/C22H25FN2O/c23-21-19-12-13-24-14-18(19)10-11-20(21)25-22(26)17-8-6-16(7-9-17)15-4-2-1-3-5-15/h1-5,10-11,16-17,24H,6-9,12-14H2,(H,25,26). The fraction of sp³-hybridized carbons (Fsp3) is 0.409. The van der Waals surface area contributed by atoms with Gasteiger partial charge in [0.25, 0.3) is 0 Å². The number of halogens is 1. The first-order valence-corrected chi connectivity index (χ1v) is 9.59. The van der Waals surface area contributed by atoms with E-state index < -0.39 is 0 Å². The van der Waals surface area contributed by atoms with Crippen molar-refractivity contribution in [1.29, 1.82) is 0 Å². The van der Waals surface area contributed by atoms with Gasteiger partial charge in [0.05, 0.1) is 5.69 Å². The van der Waals surface area contributed by atoms with Crippen molar-refractivity contribution in [2.24, 2.45) is 5.92 Å². The summed E-state index contributed by atoms with van der Waals surface area (Å²) in [6.45, 7) is 1.48. The molecule has 2 aliphatic rings. The highest BCUT2D eigenvalue weighted by Crippen LogP contribution is 2.36. The molecule has 4 rings (SSSR count). The number of carbonyl (C=O) groups excluding carboxylic acids is 1. The lowest BCUT2D eigenvalue weighted by Crippen LogP contribution is -2.28.